The normalized spacial score (nSPS) is 14.8. The molecular formula is C21H23N3O2. The Morgan fingerprint density at radius 1 is 1.19 bits per heavy atom. The predicted octanol–water partition coefficient (Wildman–Crippen LogP) is 4.43. The minimum Gasteiger partial charge on any atom is -0.441 e. The molecule has 1 aromatic heterocycles. The molecule has 0 radical (unpaired) electrons. The van der Waals surface area contributed by atoms with Crippen molar-refractivity contribution in [3.63, 3.8) is 0 Å². The van der Waals surface area contributed by atoms with E-state index < -0.39 is 5.91 Å². The highest BCUT2D eigenvalue weighted by molar-refractivity contribution is 6.09. The van der Waals surface area contributed by atoms with Crippen molar-refractivity contribution in [1.82, 2.24) is 0 Å². The third-order valence-corrected chi connectivity index (χ3v) is 4.57. The number of piperidine rings is 1. The van der Waals surface area contributed by atoms with Crippen LogP contribution >= 0.6 is 0 Å². The number of hydrogen-bond acceptors (Lipinski definition) is 4. The van der Waals surface area contributed by atoms with Crippen molar-refractivity contribution in [2.75, 3.05) is 23.3 Å². The monoisotopic (exact) mass is 349 g/mol. The Labute approximate surface area is 153 Å². The molecular weight excluding hydrogens is 326 g/mol. The Hall–Kier alpha value is -3.00. The lowest BCUT2D eigenvalue weighted by Gasteiger charge is -2.25. The first-order valence-electron chi connectivity index (χ1n) is 8.92. The average molecular weight is 349 g/mol. The van der Waals surface area contributed by atoms with Crippen LogP contribution in [0.15, 0.2) is 40.3 Å². The molecule has 2 aromatic rings. The number of nitrogens with zero attached hydrogens (tertiary/aromatic N) is 2. The highest BCUT2D eigenvalue weighted by Gasteiger charge is 2.16. The highest BCUT2D eigenvalue weighted by atomic mass is 16.4. The summed E-state index contributed by atoms with van der Waals surface area (Å²) in [5.41, 5.74) is 2.73. The molecule has 0 saturated carbocycles. The van der Waals surface area contributed by atoms with Gasteiger partial charge in [0.1, 0.15) is 17.4 Å². The minimum absolute atomic E-state index is 0.0189. The van der Waals surface area contributed by atoms with E-state index in [1.165, 1.54) is 12.5 Å². The Morgan fingerprint density at radius 3 is 2.69 bits per heavy atom. The SMILES string of the molecule is Cc1ccc(C)c(NC(=O)C(C#N)=Cc2ccc(N3CCCCC3)o2)c1. The molecule has 0 atom stereocenters. The van der Waals surface area contributed by atoms with Gasteiger partial charge in [-0.3, -0.25) is 4.79 Å². The van der Waals surface area contributed by atoms with Gasteiger partial charge in [0.2, 0.25) is 0 Å². The zero-order valence-corrected chi connectivity index (χ0v) is 15.2. The fourth-order valence-electron chi connectivity index (χ4n) is 3.06. The molecule has 1 aliphatic rings. The van der Waals surface area contributed by atoms with Crippen molar-refractivity contribution in [1.29, 1.82) is 5.26 Å². The molecule has 1 aromatic carbocycles. The summed E-state index contributed by atoms with van der Waals surface area (Å²) in [7, 11) is 0. The third kappa shape index (κ3) is 4.15. The van der Waals surface area contributed by atoms with Crippen LogP contribution in [-0.4, -0.2) is 19.0 Å². The van der Waals surface area contributed by atoms with Gasteiger partial charge in [0.15, 0.2) is 5.88 Å². The first kappa shape index (κ1) is 17.8. The number of furan rings is 1. The van der Waals surface area contributed by atoms with E-state index in [1.54, 1.807) is 6.07 Å². The van der Waals surface area contributed by atoms with Crippen LogP contribution in [0.5, 0.6) is 0 Å². The summed E-state index contributed by atoms with van der Waals surface area (Å²) >= 11 is 0. The fourth-order valence-corrected chi connectivity index (χ4v) is 3.06. The van der Waals surface area contributed by atoms with E-state index in [2.05, 4.69) is 10.2 Å². The van der Waals surface area contributed by atoms with Gasteiger partial charge in [-0.15, -0.1) is 0 Å². The van der Waals surface area contributed by atoms with Crippen LogP contribution in [0.25, 0.3) is 6.08 Å². The number of nitriles is 1. The fraction of sp³-hybridized carbons (Fsp3) is 0.333. The van der Waals surface area contributed by atoms with Gasteiger partial charge in [-0.05, 0) is 56.4 Å². The van der Waals surface area contributed by atoms with Gasteiger partial charge in [0.05, 0.1) is 0 Å². The first-order chi connectivity index (χ1) is 12.6. The Bertz CT molecular complexity index is 868. The van der Waals surface area contributed by atoms with Gasteiger partial charge < -0.3 is 14.6 Å². The van der Waals surface area contributed by atoms with Crippen molar-refractivity contribution >= 4 is 23.6 Å². The van der Waals surface area contributed by atoms with Crippen molar-refractivity contribution in [2.24, 2.45) is 0 Å². The van der Waals surface area contributed by atoms with E-state index in [-0.39, 0.29) is 5.57 Å². The number of carbonyl (C=O) groups excluding carboxylic acids is 1. The highest BCUT2D eigenvalue weighted by Crippen LogP contribution is 2.24. The van der Waals surface area contributed by atoms with Gasteiger partial charge in [0, 0.05) is 30.9 Å². The van der Waals surface area contributed by atoms with Gasteiger partial charge >= 0.3 is 0 Å². The zero-order valence-electron chi connectivity index (χ0n) is 15.2. The number of carbonyl (C=O) groups is 1. The van der Waals surface area contributed by atoms with Crippen LogP contribution in [0.3, 0.4) is 0 Å². The number of nitrogens with one attached hydrogen (secondary N) is 1. The summed E-state index contributed by atoms with van der Waals surface area (Å²) in [4.78, 5) is 14.7. The van der Waals surface area contributed by atoms with Crippen LogP contribution in [0.1, 0.15) is 36.1 Å². The molecule has 134 valence electrons. The molecule has 1 fully saturated rings. The molecule has 0 bridgehead atoms. The standard InChI is InChI=1S/C21H23N3O2/c1-15-6-7-16(2)19(12-15)23-21(25)17(14-22)13-18-8-9-20(26-18)24-10-4-3-5-11-24/h6-9,12-13H,3-5,10-11H2,1-2H3,(H,23,25). The van der Waals surface area contributed by atoms with Crippen LogP contribution < -0.4 is 10.2 Å². The van der Waals surface area contributed by atoms with Crippen LogP contribution in [0.4, 0.5) is 11.6 Å². The summed E-state index contributed by atoms with van der Waals surface area (Å²) in [6.45, 7) is 5.84. The second kappa shape index (κ2) is 7.92. The number of anilines is 2. The molecule has 0 spiro atoms. The maximum Gasteiger partial charge on any atom is 0.266 e. The molecule has 5 nitrogen and oxygen atoms in total. The third-order valence-electron chi connectivity index (χ3n) is 4.57. The van der Waals surface area contributed by atoms with E-state index in [1.807, 2.05) is 44.2 Å². The molecule has 1 amide bonds. The summed E-state index contributed by atoms with van der Waals surface area (Å²) in [5.74, 6) is 0.874. The van der Waals surface area contributed by atoms with Gasteiger partial charge in [0.25, 0.3) is 5.91 Å². The van der Waals surface area contributed by atoms with Crippen LogP contribution in [0, 0.1) is 25.2 Å². The summed E-state index contributed by atoms with van der Waals surface area (Å²) in [6, 6.07) is 11.5. The summed E-state index contributed by atoms with van der Waals surface area (Å²) in [5, 5.41) is 12.2. The number of benzene rings is 1. The number of amides is 1. The molecule has 5 heteroatoms. The van der Waals surface area contributed by atoms with E-state index in [0.29, 0.717) is 11.4 Å². The van der Waals surface area contributed by atoms with Crippen LogP contribution in [-0.2, 0) is 4.79 Å². The van der Waals surface area contributed by atoms with Crippen LogP contribution in [0.2, 0.25) is 0 Å². The lowest BCUT2D eigenvalue weighted by molar-refractivity contribution is -0.112. The molecule has 1 saturated heterocycles. The van der Waals surface area contributed by atoms with Gasteiger partial charge in [-0.1, -0.05) is 12.1 Å². The average Bonchev–Trinajstić information content (AvgIpc) is 3.12. The lowest BCUT2D eigenvalue weighted by Crippen LogP contribution is -2.28. The summed E-state index contributed by atoms with van der Waals surface area (Å²) < 4.78 is 5.82. The largest absolute Gasteiger partial charge is 0.441 e. The second-order valence-corrected chi connectivity index (χ2v) is 6.67. The van der Waals surface area contributed by atoms with Crippen molar-refractivity contribution < 1.29 is 9.21 Å². The Balaban J connectivity index is 1.75. The molecule has 1 N–H and O–H groups in total. The minimum atomic E-state index is -0.433. The van der Waals surface area contributed by atoms with Crippen molar-refractivity contribution in [2.45, 2.75) is 33.1 Å². The number of rotatable bonds is 4. The van der Waals surface area contributed by atoms with E-state index in [0.717, 1.165) is 42.9 Å². The zero-order chi connectivity index (χ0) is 18.5. The molecule has 0 aliphatic carbocycles. The van der Waals surface area contributed by atoms with E-state index >= 15 is 0 Å². The quantitative estimate of drug-likeness (QED) is 0.655. The Morgan fingerprint density at radius 2 is 1.96 bits per heavy atom. The van der Waals surface area contributed by atoms with Crippen molar-refractivity contribution in [3.8, 4) is 6.07 Å². The molecule has 3 rings (SSSR count). The topological polar surface area (TPSA) is 69.3 Å². The molecule has 0 unspecified atom stereocenters. The maximum atomic E-state index is 12.5. The number of aryl methyl sites for hydroxylation is 2. The Kier molecular flexibility index (Phi) is 5.43. The van der Waals surface area contributed by atoms with Gasteiger partial charge in [-0.25, -0.2) is 0 Å². The molecule has 26 heavy (non-hydrogen) atoms. The van der Waals surface area contributed by atoms with E-state index in [4.69, 9.17) is 4.42 Å². The predicted molar refractivity (Wildman–Crippen MR) is 103 cm³/mol. The second-order valence-electron chi connectivity index (χ2n) is 6.67. The lowest BCUT2D eigenvalue weighted by atomic mass is 10.1. The van der Waals surface area contributed by atoms with Crippen molar-refractivity contribution in [3.05, 3.63) is 52.8 Å². The number of hydrogen-bond donors (Lipinski definition) is 1. The van der Waals surface area contributed by atoms with Gasteiger partial charge in [-0.2, -0.15) is 5.26 Å². The molecule has 2 heterocycles. The first-order valence-corrected chi connectivity index (χ1v) is 8.92. The smallest absolute Gasteiger partial charge is 0.266 e. The summed E-state index contributed by atoms with van der Waals surface area (Å²) in [6.07, 6.45) is 5.07. The molecule has 1 aliphatic heterocycles. The van der Waals surface area contributed by atoms with E-state index in [9.17, 15) is 10.1 Å². The maximum absolute atomic E-state index is 12.5.